The van der Waals surface area contributed by atoms with Gasteiger partial charge in [0, 0.05) is 6.42 Å². The highest BCUT2D eigenvalue weighted by Crippen LogP contribution is 2.12. The van der Waals surface area contributed by atoms with Crippen LogP contribution in [0.15, 0.2) is 12.4 Å². The van der Waals surface area contributed by atoms with Crippen LogP contribution in [0.2, 0.25) is 0 Å². The van der Waals surface area contributed by atoms with Crippen molar-refractivity contribution in [2.45, 2.75) is 156 Å². The number of nitrogens with zero attached hydrogens (tertiary/aromatic N) is 2. The highest BCUT2D eigenvalue weighted by atomic mass is 15.1. The molecule has 0 atom stereocenters. The number of unbranched alkanes of at least 4 members (excludes halogenated alkanes) is 16. The zero-order chi connectivity index (χ0) is 21.0. The van der Waals surface area contributed by atoms with E-state index in [2.05, 4.69) is 42.3 Å². The van der Waals surface area contributed by atoms with E-state index in [4.69, 9.17) is 0 Å². The molecule has 1 aromatic heterocycles. The third-order valence-corrected chi connectivity index (χ3v) is 6.44. The molecule has 1 aromatic rings. The number of imidazole rings is 1. The number of aryl methyl sites for hydroxylation is 2. The van der Waals surface area contributed by atoms with E-state index in [0.29, 0.717) is 0 Å². The normalized spacial score (nSPS) is 11.4. The summed E-state index contributed by atoms with van der Waals surface area (Å²) in [5, 5.41) is 0. The minimum atomic E-state index is 1.11. The van der Waals surface area contributed by atoms with Crippen molar-refractivity contribution in [1.29, 1.82) is 0 Å². The van der Waals surface area contributed by atoms with Gasteiger partial charge in [0.25, 0.3) is 5.82 Å². The molecular formula is C27H53N2+. The first-order valence-electron chi connectivity index (χ1n) is 13.4. The van der Waals surface area contributed by atoms with E-state index >= 15 is 0 Å². The molecule has 1 rings (SSSR count). The molecule has 0 aliphatic heterocycles. The van der Waals surface area contributed by atoms with Crippen LogP contribution in [0.4, 0.5) is 0 Å². The van der Waals surface area contributed by atoms with E-state index in [9.17, 15) is 0 Å². The quantitative estimate of drug-likeness (QED) is 0.143. The average Bonchev–Trinajstić information content (AvgIpc) is 3.13. The Bertz CT molecular complexity index is 463. The van der Waals surface area contributed by atoms with Gasteiger partial charge in [-0.2, -0.15) is 0 Å². The van der Waals surface area contributed by atoms with Crippen molar-refractivity contribution >= 4 is 0 Å². The van der Waals surface area contributed by atoms with Crippen LogP contribution in [-0.2, 0) is 19.5 Å². The molecule has 0 bridgehead atoms. The van der Waals surface area contributed by atoms with E-state index in [-0.39, 0.29) is 0 Å². The van der Waals surface area contributed by atoms with Crippen molar-refractivity contribution in [1.82, 2.24) is 4.57 Å². The number of hydrogen-bond donors (Lipinski definition) is 0. The Morgan fingerprint density at radius 3 is 1.52 bits per heavy atom. The van der Waals surface area contributed by atoms with Crippen LogP contribution in [0.25, 0.3) is 0 Å². The Hall–Kier alpha value is -0.790. The maximum Gasteiger partial charge on any atom is 0.256 e. The predicted octanol–water partition coefficient (Wildman–Crippen LogP) is 8.40. The smallest absolute Gasteiger partial charge is 0.235 e. The number of hydrogen-bond acceptors (Lipinski definition) is 0. The summed E-state index contributed by atoms with van der Waals surface area (Å²) in [5.74, 6) is 1.56. The molecule has 29 heavy (non-hydrogen) atoms. The first-order valence-corrected chi connectivity index (χ1v) is 13.4. The van der Waals surface area contributed by atoms with E-state index in [0.717, 1.165) is 6.54 Å². The second kappa shape index (κ2) is 19.2. The molecule has 170 valence electrons. The molecule has 0 fully saturated rings. The van der Waals surface area contributed by atoms with Gasteiger partial charge < -0.3 is 0 Å². The first kappa shape index (κ1) is 26.2. The molecule has 0 aliphatic rings. The fourth-order valence-corrected chi connectivity index (χ4v) is 4.46. The summed E-state index contributed by atoms with van der Waals surface area (Å²) < 4.78 is 5.02. The van der Waals surface area contributed by atoms with E-state index < -0.39 is 0 Å². The van der Waals surface area contributed by atoms with Crippen molar-refractivity contribution in [3.05, 3.63) is 18.2 Å². The summed E-state index contributed by atoms with van der Waals surface area (Å²) in [4.78, 5) is 0. The van der Waals surface area contributed by atoms with Crippen molar-refractivity contribution in [3.63, 3.8) is 0 Å². The largest absolute Gasteiger partial charge is 0.256 e. The summed E-state index contributed by atoms with van der Waals surface area (Å²) in [6.45, 7) is 9.21. The van der Waals surface area contributed by atoms with Crippen molar-refractivity contribution in [3.8, 4) is 0 Å². The van der Waals surface area contributed by atoms with Gasteiger partial charge in [0.15, 0.2) is 0 Å². The summed E-state index contributed by atoms with van der Waals surface area (Å²) in [7, 11) is 0. The van der Waals surface area contributed by atoms with E-state index in [1.807, 2.05) is 0 Å². The fraction of sp³-hybridized carbons (Fsp3) is 0.889. The van der Waals surface area contributed by atoms with Gasteiger partial charge in [-0.25, -0.2) is 9.13 Å². The van der Waals surface area contributed by atoms with Crippen LogP contribution < -0.4 is 4.57 Å². The van der Waals surface area contributed by atoms with Gasteiger partial charge in [0.2, 0.25) is 0 Å². The van der Waals surface area contributed by atoms with Crippen molar-refractivity contribution in [2.75, 3.05) is 0 Å². The molecule has 0 N–H and O–H groups in total. The van der Waals surface area contributed by atoms with Crippen LogP contribution in [-0.4, -0.2) is 4.57 Å². The van der Waals surface area contributed by atoms with Gasteiger partial charge in [-0.1, -0.05) is 110 Å². The van der Waals surface area contributed by atoms with Crippen LogP contribution in [0.1, 0.15) is 142 Å². The SMILES string of the molecule is CCCCCCCCCCCC[n+]1ccn(CC)c1CCCCCCCCCC. The lowest BCUT2D eigenvalue weighted by Crippen LogP contribution is -2.37. The molecule has 0 saturated carbocycles. The lowest BCUT2D eigenvalue weighted by atomic mass is 10.1. The van der Waals surface area contributed by atoms with Crippen molar-refractivity contribution in [2.24, 2.45) is 0 Å². The lowest BCUT2D eigenvalue weighted by Gasteiger charge is -2.06. The molecule has 0 spiro atoms. The highest BCUT2D eigenvalue weighted by molar-refractivity contribution is 4.83. The minimum absolute atomic E-state index is 1.11. The maximum absolute atomic E-state index is 2.55. The number of aromatic nitrogens is 2. The standard InChI is InChI=1S/C27H53N2/c1-4-7-9-11-13-15-16-18-20-22-24-29-26-25-28(6-3)27(29)23-21-19-17-14-12-10-8-5-2/h25-26H,4-24H2,1-3H3/q+1. The Kier molecular flexibility index (Phi) is 17.4. The van der Waals surface area contributed by atoms with E-state index in [1.165, 1.54) is 129 Å². The molecule has 2 heteroatoms. The summed E-state index contributed by atoms with van der Waals surface area (Å²) >= 11 is 0. The zero-order valence-electron chi connectivity index (χ0n) is 20.4. The second-order valence-electron chi connectivity index (χ2n) is 9.10. The monoisotopic (exact) mass is 405 g/mol. The Morgan fingerprint density at radius 1 is 0.586 bits per heavy atom. The molecule has 0 unspecified atom stereocenters. The molecule has 0 aromatic carbocycles. The highest BCUT2D eigenvalue weighted by Gasteiger charge is 2.15. The molecule has 0 amide bonds. The van der Waals surface area contributed by atoms with Gasteiger partial charge in [0.1, 0.15) is 12.4 Å². The third kappa shape index (κ3) is 13.2. The van der Waals surface area contributed by atoms with Crippen LogP contribution in [0.5, 0.6) is 0 Å². The Morgan fingerprint density at radius 2 is 1.03 bits per heavy atom. The van der Waals surface area contributed by atoms with Crippen LogP contribution in [0, 0.1) is 0 Å². The molecule has 1 heterocycles. The molecule has 2 nitrogen and oxygen atoms in total. The number of rotatable bonds is 21. The molecule has 0 radical (unpaired) electrons. The summed E-state index contributed by atoms with van der Waals surface area (Å²) in [6, 6.07) is 0. The molecule has 0 aliphatic carbocycles. The average molecular weight is 406 g/mol. The van der Waals surface area contributed by atoms with Gasteiger partial charge in [-0.05, 0) is 26.2 Å². The lowest BCUT2D eigenvalue weighted by molar-refractivity contribution is -0.704. The maximum atomic E-state index is 2.55. The summed E-state index contributed by atoms with van der Waals surface area (Å²) in [6.07, 6.45) is 31.4. The second-order valence-corrected chi connectivity index (χ2v) is 9.10. The van der Waals surface area contributed by atoms with E-state index in [1.54, 1.807) is 5.82 Å². The van der Waals surface area contributed by atoms with Crippen LogP contribution >= 0.6 is 0 Å². The topological polar surface area (TPSA) is 8.81 Å². The third-order valence-electron chi connectivity index (χ3n) is 6.44. The van der Waals surface area contributed by atoms with Crippen LogP contribution in [0.3, 0.4) is 0 Å². The van der Waals surface area contributed by atoms with Gasteiger partial charge >= 0.3 is 0 Å². The zero-order valence-corrected chi connectivity index (χ0v) is 20.4. The Balaban J connectivity index is 2.13. The fourth-order valence-electron chi connectivity index (χ4n) is 4.46. The summed E-state index contributed by atoms with van der Waals surface area (Å²) in [5.41, 5.74) is 0. The van der Waals surface area contributed by atoms with Gasteiger partial charge in [-0.15, -0.1) is 0 Å². The first-order chi connectivity index (χ1) is 14.3. The molecular weight excluding hydrogens is 352 g/mol. The van der Waals surface area contributed by atoms with Gasteiger partial charge in [-0.3, -0.25) is 0 Å². The van der Waals surface area contributed by atoms with Crippen molar-refractivity contribution < 1.29 is 4.57 Å². The minimum Gasteiger partial charge on any atom is -0.235 e. The Labute approximate surface area is 183 Å². The van der Waals surface area contributed by atoms with Gasteiger partial charge in [0.05, 0.1) is 13.1 Å². The predicted molar refractivity (Wildman–Crippen MR) is 128 cm³/mol. The molecule has 0 saturated heterocycles.